The highest BCUT2D eigenvalue weighted by atomic mass is 16.3. The van der Waals surface area contributed by atoms with Crippen molar-refractivity contribution < 1.29 is 4.42 Å². The van der Waals surface area contributed by atoms with Gasteiger partial charge in [-0.2, -0.15) is 5.10 Å². The molecule has 0 unspecified atom stereocenters. The van der Waals surface area contributed by atoms with Crippen molar-refractivity contribution in [3.63, 3.8) is 0 Å². The zero-order chi connectivity index (χ0) is 11.6. The Kier molecular flexibility index (Phi) is 2.73. The molecule has 2 aromatic rings. The summed E-state index contributed by atoms with van der Waals surface area (Å²) in [6, 6.07) is 3.83. The molecule has 4 heteroatoms. The summed E-state index contributed by atoms with van der Waals surface area (Å²) >= 11 is 0. The molecule has 0 saturated carbocycles. The number of furan rings is 1. The number of anilines is 1. The van der Waals surface area contributed by atoms with Crippen LogP contribution >= 0.6 is 0 Å². The summed E-state index contributed by atoms with van der Waals surface area (Å²) in [6.45, 7) is 7.05. The maximum atomic E-state index is 5.24. The van der Waals surface area contributed by atoms with Crippen LogP contribution in [0.25, 0.3) is 0 Å². The molecular weight excluding hydrogens is 202 g/mol. The Morgan fingerprint density at radius 1 is 1.44 bits per heavy atom. The molecule has 4 nitrogen and oxygen atoms in total. The highest BCUT2D eigenvalue weighted by molar-refractivity contribution is 5.38. The molecule has 0 aliphatic heterocycles. The van der Waals surface area contributed by atoms with Gasteiger partial charge in [0.2, 0.25) is 0 Å². The molecule has 0 bridgehead atoms. The summed E-state index contributed by atoms with van der Waals surface area (Å²) in [5.74, 6) is 0.920. The maximum Gasteiger partial charge on any atom is 0.122 e. The minimum absolute atomic E-state index is 0.0185. The molecule has 0 aliphatic rings. The van der Waals surface area contributed by atoms with E-state index in [1.165, 1.54) is 0 Å². The van der Waals surface area contributed by atoms with E-state index in [2.05, 4.69) is 31.2 Å². The van der Waals surface area contributed by atoms with E-state index in [9.17, 15) is 0 Å². The number of rotatable bonds is 3. The highest BCUT2D eigenvalue weighted by Crippen LogP contribution is 2.16. The van der Waals surface area contributed by atoms with E-state index in [1.807, 2.05) is 29.2 Å². The molecule has 0 spiro atoms. The second-order valence-corrected chi connectivity index (χ2v) is 4.78. The van der Waals surface area contributed by atoms with E-state index < -0.39 is 0 Å². The van der Waals surface area contributed by atoms with Gasteiger partial charge in [-0.3, -0.25) is 4.68 Å². The van der Waals surface area contributed by atoms with Crippen LogP contribution < -0.4 is 5.32 Å². The van der Waals surface area contributed by atoms with Gasteiger partial charge in [-0.05, 0) is 32.9 Å². The molecule has 0 radical (unpaired) electrons. The lowest BCUT2D eigenvalue weighted by atomic mass is 10.1. The Morgan fingerprint density at radius 3 is 2.81 bits per heavy atom. The molecule has 1 N–H and O–H groups in total. The molecule has 16 heavy (non-hydrogen) atoms. The number of hydrogen-bond donors (Lipinski definition) is 1. The molecule has 0 saturated heterocycles. The molecule has 0 aromatic carbocycles. The van der Waals surface area contributed by atoms with Crippen LogP contribution in [0.2, 0.25) is 0 Å². The normalized spacial score (nSPS) is 11.7. The van der Waals surface area contributed by atoms with Crippen LogP contribution in [0.3, 0.4) is 0 Å². The largest absolute Gasteiger partial charge is 0.467 e. The van der Waals surface area contributed by atoms with E-state index in [0.29, 0.717) is 6.54 Å². The molecule has 0 amide bonds. The molecule has 2 rings (SSSR count). The Morgan fingerprint density at radius 2 is 2.25 bits per heavy atom. The van der Waals surface area contributed by atoms with Gasteiger partial charge < -0.3 is 9.73 Å². The number of nitrogens with zero attached hydrogens (tertiary/aromatic N) is 2. The first-order chi connectivity index (χ1) is 7.55. The number of aromatic nitrogens is 2. The van der Waals surface area contributed by atoms with Gasteiger partial charge in [-0.1, -0.05) is 0 Å². The molecule has 0 aliphatic carbocycles. The fourth-order valence-corrected chi connectivity index (χ4v) is 1.38. The molecule has 86 valence electrons. The first-order valence-electron chi connectivity index (χ1n) is 5.37. The van der Waals surface area contributed by atoms with Crippen LogP contribution in [0, 0.1) is 0 Å². The predicted octanol–water partition coefficient (Wildman–Crippen LogP) is 2.84. The Bertz CT molecular complexity index is 437. The van der Waals surface area contributed by atoms with E-state index in [-0.39, 0.29) is 5.54 Å². The van der Waals surface area contributed by atoms with Crippen molar-refractivity contribution in [3.8, 4) is 0 Å². The number of hydrogen-bond acceptors (Lipinski definition) is 3. The third-order valence-corrected chi connectivity index (χ3v) is 2.32. The van der Waals surface area contributed by atoms with Crippen LogP contribution in [-0.4, -0.2) is 9.78 Å². The smallest absolute Gasteiger partial charge is 0.122 e. The van der Waals surface area contributed by atoms with Crippen LogP contribution in [0.15, 0.2) is 35.2 Å². The van der Waals surface area contributed by atoms with Gasteiger partial charge in [0.1, 0.15) is 5.76 Å². The molecule has 0 fully saturated rings. The van der Waals surface area contributed by atoms with Gasteiger partial charge in [0.25, 0.3) is 0 Å². The Labute approximate surface area is 95.3 Å². The summed E-state index contributed by atoms with van der Waals surface area (Å²) in [5, 5.41) is 7.57. The quantitative estimate of drug-likeness (QED) is 0.863. The predicted molar refractivity (Wildman–Crippen MR) is 63.3 cm³/mol. The Balaban J connectivity index is 1.98. The van der Waals surface area contributed by atoms with Crippen molar-refractivity contribution in [1.82, 2.24) is 9.78 Å². The van der Waals surface area contributed by atoms with Crippen LogP contribution in [-0.2, 0) is 12.1 Å². The summed E-state index contributed by atoms with van der Waals surface area (Å²) in [7, 11) is 0. The summed E-state index contributed by atoms with van der Waals surface area (Å²) < 4.78 is 7.18. The van der Waals surface area contributed by atoms with E-state index >= 15 is 0 Å². The van der Waals surface area contributed by atoms with E-state index in [0.717, 1.165) is 11.4 Å². The first kappa shape index (κ1) is 10.8. The summed E-state index contributed by atoms with van der Waals surface area (Å²) in [4.78, 5) is 0. The standard InChI is InChI=1S/C12H17N3O/c1-12(2,3)15-9-10(7-14-15)13-8-11-5-4-6-16-11/h4-7,9,13H,8H2,1-3H3. The fourth-order valence-electron chi connectivity index (χ4n) is 1.38. The minimum atomic E-state index is 0.0185. The highest BCUT2D eigenvalue weighted by Gasteiger charge is 2.13. The number of nitrogens with one attached hydrogen (secondary N) is 1. The minimum Gasteiger partial charge on any atom is -0.467 e. The first-order valence-corrected chi connectivity index (χ1v) is 5.37. The summed E-state index contributed by atoms with van der Waals surface area (Å²) in [5.41, 5.74) is 1.02. The fraction of sp³-hybridized carbons (Fsp3) is 0.417. The molecular formula is C12H17N3O. The van der Waals surface area contributed by atoms with Gasteiger partial charge in [0.15, 0.2) is 0 Å². The van der Waals surface area contributed by atoms with Crippen LogP contribution in [0.4, 0.5) is 5.69 Å². The lowest BCUT2D eigenvalue weighted by molar-refractivity contribution is 0.355. The molecule has 2 heterocycles. The van der Waals surface area contributed by atoms with E-state index in [1.54, 1.807) is 6.26 Å². The van der Waals surface area contributed by atoms with Gasteiger partial charge in [0.05, 0.1) is 30.2 Å². The average molecular weight is 219 g/mol. The third-order valence-electron chi connectivity index (χ3n) is 2.32. The zero-order valence-corrected chi connectivity index (χ0v) is 9.90. The van der Waals surface area contributed by atoms with Gasteiger partial charge in [0, 0.05) is 6.20 Å². The van der Waals surface area contributed by atoms with Gasteiger partial charge in [-0.25, -0.2) is 0 Å². The van der Waals surface area contributed by atoms with Crippen molar-refractivity contribution in [2.45, 2.75) is 32.9 Å². The monoisotopic (exact) mass is 219 g/mol. The van der Waals surface area contributed by atoms with Gasteiger partial charge >= 0.3 is 0 Å². The SMILES string of the molecule is CC(C)(C)n1cc(NCc2ccco2)cn1. The van der Waals surface area contributed by atoms with Crippen molar-refractivity contribution in [2.24, 2.45) is 0 Å². The van der Waals surface area contributed by atoms with Crippen LogP contribution in [0.1, 0.15) is 26.5 Å². The van der Waals surface area contributed by atoms with Crippen LogP contribution in [0.5, 0.6) is 0 Å². The van der Waals surface area contributed by atoms with Crippen molar-refractivity contribution >= 4 is 5.69 Å². The Hall–Kier alpha value is -1.71. The zero-order valence-electron chi connectivity index (χ0n) is 9.90. The lowest BCUT2D eigenvalue weighted by Gasteiger charge is -2.18. The molecule has 0 atom stereocenters. The van der Waals surface area contributed by atoms with Crippen molar-refractivity contribution in [2.75, 3.05) is 5.32 Å². The average Bonchev–Trinajstić information content (AvgIpc) is 2.85. The maximum absolute atomic E-state index is 5.24. The lowest BCUT2D eigenvalue weighted by Crippen LogP contribution is -2.21. The van der Waals surface area contributed by atoms with Crippen molar-refractivity contribution in [1.29, 1.82) is 0 Å². The van der Waals surface area contributed by atoms with Gasteiger partial charge in [-0.15, -0.1) is 0 Å². The molecule has 2 aromatic heterocycles. The topological polar surface area (TPSA) is 43.0 Å². The second-order valence-electron chi connectivity index (χ2n) is 4.78. The van der Waals surface area contributed by atoms with Crippen molar-refractivity contribution in [3.05, 3.63) is 36.5 Å². The van der Waals surface area contributed by atoms with E-state index in [4.69, 9.17) is 4.42 Å². The summed E-state index contributed by atoms with van der Waals surface area (Å²) in [6.07, 6.45) is 5.51. The second kappa shape index (κ2) is 4.04. The third kappa shape index (κ3) is 2.45.